The van der Waals surface area contributed by atoms with Crippen molar-refractivity contribution in [3.8, 4) is 16.9 Å². The van der Waals surface area contributed by atoms with E-state index in [1.165, 1.54) is 18.5 Å². The van der Waals surface area contributed by atoms with E-state index in [0.717, 1.165) is 47.7 Å². The second kappa shape index (κ2) is 8.06. The van der Waals surface area contributed by atoms with Gasteiger partial charge in [-0.1, -0.05) is 19.1 Å². The van der Waals surface area contributed by atoms with E-state index >= 15 is 0 Å². The number of fused-ring (bicyclic) bond motifs is 1. The van der Waals surface area contributed by atoms with Crippen LogP contribution in [0.4, 0.5) is 0 Å². The van der Waals surface area contributed by atoms with Gasteiger partial charge in [0.2, 0.25) is 0 Å². The predicted molar refractivity (Wildman–Crippen MR) is 106 cm³/mol. The van der Waals surface area contributed by atoms with Crippen LogP contribution in [0.3, 0.4) is 0 Å². The minimum absolute atomic E-state index is 0. The zero-order chi connectivity index (χ0) is 17.2. The third-order valence-corrected chi connectivity index (χ3v) is 5.05. The number of nitrogens with zero attached hydrogens (tertiary/aromatic N) is 3. The van der Waals surface area contributed by atoms with Gasteiger partial charge in [0.1, 0.15) is 5.75 Å². The topological polar surface area (TPSA) is 51.5 Å². The van der Waals surface area contributed by atoms with E-state index in [9.17, 15) is 0 Å². The van der Waals surface area contributed by atoms with Crippen LogP contribution in [0.15, 0.2) is 36.5 Å². The smallest absolute Gasteiger partial charge is 0.163 e. The summed E-state index contributed by atoms with van der Waals surface area (Å²) in [6.45, 7) is 4.27. The molecule has 0 radical (unpaired) electrons. The first kappa shape index (κ1) is 18.7. The lowest BCUT2D eigenvalue weighted by Gasteiger charge is -2.23. The van der Waals surface area contributed by atoms with Gasteiger partial charge >= 0.3 is 0 Å². The van der Waals surface area contributed by atoms with Gasteiger partial charge in [-0.15, -0.1) is 12.4 Å². The molecule has 0 spiro atoms. The zero-order valence-corrected chi connectivity index (χ0v) is 16.1. The normalized spacial score (nSPS) is 17.1. The largest absolute Gasteiger partial charge is 0.497 e. The van der Waals surface area contributed by atoms with Crippen molar-refractivity contribution in [2.24, 2.45) is 0 Å². The van der Waals surface area contributed by atoms with Gasteiger partial charge in [-0.05, 0) is 49.6 Å². The quantitative estimate of drug-likeness (QED) is 0.755. The Bertz CT molecular complexity index is 869. The molecule has 0 saturated carbocycles. The average molecular weight is 373 g/mol. The number of piperidine rings is 1. The third-order valence-electron chi connectivity index (χ3n) is 5.05. The van der Waals surface area contributed by atoms with Crippen LogP contribution in [0.5, 0.6) is 5.75 Å². The van der Waals surface area contributed by atoms with Crippen molar-refractivity contribution in [2.75, 3.05) is 20.2 Å². The van der Waals surface area contributed by atoms with E-state index in [1.807, 2.05) is 18.3 Å². The highest BCUT2D eigenvalue weighted by Crippen LogP contribution is 2.32. The van der Waals surface area contributed by atoms with Crippen molar-refractivity contribution in [1.29, 1.82) is 0 Å². The van der Waals surface area contributed by atoms with Crippen LogP contribution in [0.2, 0.25) is 0 Å². The minimum Gasteiger partial charge on any atom is -0.497 e. The van der Waals surface area contributed by atoms with Crippen LogP contribution < -0.4 is 10.1 Å². The second-order valence-electron chi connectivity index (χ2n) is 6.55. The van der Waals surface area contributed by atoms with Crippen molar-refractivity contribution in [3.63, 3.8) is 0 Å². The minimum atomic E-state index is 0. The number of methoxy groups -OCH3 is 1. The highest BCUT2D eigenvalue weighted by Gasteiger charge is 2.22. The third kappa shape index (κ3) is 3.29. The van der Waals surface area contributed by atoms with Crippen LogP contribution in [-0.2, 0) is 6.42 Å². The van der Waals surface area contributed by atoms with Crippen LogP contribution in [-0.4, -0.2) is 34.8 Å². The molecule has 1 unspecified atom stereocenters. The molecule has 1 N–H and O–H groups in total. The van der Waals surface area contributed by atoms with Gasteiger partial charge in [-0.2, -0.15) is 5.10 Å². The molecule has 0 amide bonds. The van der Waals surface area contributed by atoms with Crippen LogP contribution in [0.1, 0.15) is 37.1 Å². The molecule has 1 atom stereocenters. The van der Waals surface area contributed by atoms with Gasteiger partial charge < -0.3 is 10.1 Å². The Morgan fingerprint density at radius 1 is 1.23 bits per heavy atom. The number of nitrogens with one attached hydrogen (secondary N) is 1. The van der Waals surface area contributed by atoms with Crippen molar-refractivity contribution in [3.05, 3.63) is 47.9 Å². The Morgan fingerprint density at radius 3 is 2.69 bits per heavy atom. The summed E-state index contributed by atoms with van der Waals surface area (Å²) in [6.07, 6.45) is 5.22. The fourth-order valence-corrected chi connectivity index (χ4v) is 3.72. The summed E-state index contributed by atoms with van der Waals surface area (Å²) >= 11 is 0. The molecule has 3 heterocycles. The standard InChI is InChI=1S/C20H24N4O.ClH/c1-3-17-19(14-6-8-16(25-2)9-7-14)20-22-12-10-18(24(20)23-17)15-5-4-11-21-13-15;/h6-10,12,15,21H,3-5,11,13H2,1-2H3;1H. The summed E-state index contributed by atoms with van der Waals surface area (Å²) in [5.74, 6) is 1.35. The molecule has 0 aliphatic carbocycles. The van der Waals surface area contributed by atoms with Gasteiger partial charge in [0.05, 0.1) is 18.5 Å². The molecule has 6 heteroatoms. The number of hydrogen-bond acceptors (Lipinski definition) is 4. The first-order valence-electron chi connectivity index (χ1n) is 9.03. The summed E-state index contributed by atoms with van der Waals surface area (Å²) in [4.78, 5) is 4.67. The first-order valence-corrected chi connectivity index (χ1v) is 9.03. The molecule has 26 heavy (non-hydrogen) atoms. The zero-order valence-electron chi connectivity index (χ0n) is 15.2. The monoisotopic (exact) mass is 372 g/mol. The number of halogens is 1. The Hall–Kier alpha value is -2.11. The van der Waals surface area contributed by atoms with Gasteiger partial charge in [-0.3, -0.25) is 0 Å². The SMILES string of the molecule is CCc1nn2c(C3CCCNC3)ccnc2c1-c1ccc(OC)cc1.Cl. The van der Waals surface area contributed by atoms with E-state index in [4.69, 9.17) is 9.84 Å². The Labute approximate surface area is 160 Å². The molecule has 1 aliphatic rings. The lowest BCUT2D eigenvalue weighted by atomic mass is 9.96. The maximum absolute atomic E-state index is 5.29. The molecular formula is C20H25ClN4O. The Balaban J connectivity index is 0.00000196. The van der Waals surface area contributed by atoms with Gasteiger partial charge in [0.15, 0.2) is 5.65 Å². The molecule has 1 aliphatic heterocycles. The lowest BCUT2D eigenvalue weighted by Crippen LogP contribution is -2.29. The van der Waals surface area contributed by atoms with Crippen LogP contribution >= 0.6 is 12.4 Å². The van der Waals surface area contributed by atoms with Crippen LogP contribution in [0.25, 0.3) is 16.8 Å². The Kier molecular flexibility index (Phi) is 5.79. The van der Waals surface area contributed by atoms with Crippen molar-refractivity contribution in [1.82, 2.24) is 19.9 Å². The van der Waals surface area contributed by atoms with Gasteiger partial charge in [0.25, 0.3) is 0 Å². The fourth-order valence-electron chi connectivity index (χ4n) is 3.72. The molecule has 2 aromatic heterocycles. The number of aryl methyl sites for hydroxylation is 1. The van der Waals surface area contributed by atoms with Crippen LogP contribution in [0, 0.1) is 0 Å². The first-order chi connectivity index (χ1) is 12.3. The molecule has 5 nitrogen and oxygen atoms in total. The molecule has 1 saturated heterocycles. The number of aromatic nitrogens is 3. The van der Waals surface area contributed by atoms with Gasteiger partial charge in [0, 0.05) is 24.2 Å². The van der Waals surface area contributed by atoms with E-state index < -0.39 is 0 Å². The van der Waals surface area contributed by atoms with E-state index in [1.54, 1.807) is 7.11 Å². The lowest BCUT2D eigenvalue weighted by molar-refractivity contribution is 0.415. The van der Waals surface area contributed by atoms with Crippen molar-refractivity contribution in [2.45, 2.75) is 32.1 Å². The molecule has 1 aromatic carbocycles. The van der Waals surface area contributed by atoms with Crippen molar-refractivity contribution >= 4 is 18.1 Å². The number of benzene rings is 1. The van der Waals surface area contributed by atoms with Gasteiger partial charge in [-0.25, -0.2) is 9.50 Å². The molecule has 138 valence electrons. The summed E-state index contributed by atoms with van der Waals surface area (Å²) in [5, 5.41) is 8.42. The number of hydrogen-bond donors (Lipinski definition) is 1. The highest BCUT2D eigenvalue weighted by molar-refractivity contribution is 5.85. The molecule has 4 rings (SSSR count). The Morgan fingerprint density at radius 2 is 2.04 bits per heavy atom. The second-order valence-corrected chi connectivity index (χ2v) is 6.55. The number of ether oxygens (including phenoxy) is 1. The summed E-state index contributed by atoms with van der Waals surface area (Å²) < 4.78 is 7.35. The average Bonchev–Trinajstić information content (AvgIpc) is 3.07. The summed E-state index contributed by atoms with van der Waals surface area (Å²) in [5.41, 5.74) is 5.57. The maximum atomic E-state index is 5.29. The molecule has 0 bridgehead atoms. The maximum Gasteiger partial charge on any atom is 0.163 e. The van der Waals surface area contributed by atoms with E-state index in [2.05, 4.69) is 39.9 Å². The molecule has 1 fully saturated rings. The van der Waals surface area contributed by atoms with Crippen molar-refractivity contribution < 1.29 is 4.74 Å². The molecule has 3 aromatic rings. The molecular weight excluding hydrogens is 348 g/mol. The van der Waals surface area contributed by atoms with E-state index in [-0.39, 0.29) is 12.4 Å². The highest BCUT2D eigenvalue weighted by atomic mass is 35.5. The van der Waals surface area contributed by atoms with E-state index in [0.29, 0.717) is 5.92 Å². The fraction of sp³-hybridized carbons (Fsp3) is 0.400. The number of rotatable bonds is 4. The summed E-state index contributed by atoms with van der Waals surface area (Å²) in [6, 6.07) is 10.3. The summed E-state index contributed by atoms with van der Waals surface area (Å²) in [7, 11) is 1.69. The predicted octanol–water partition coefficient (Wildman–Crippen LogP) is 3.86.